The van der Waals surface area contributed by atoms with Crippen molar-refractivity contribution in [2.75, 3.05) is 13.2 Å². The van der Waals surface area contributed by atoms with Crippen LogP contribution in [0.5, 0.6) is 11.5 Å². The first-order valence-electron chi connectivity index (χ1n) is 11.3. The lowest BCUT2D eigenvalue weighted by Crippen LogP contribution is -2.42. The van der Waals surface area contributed by atoms with Gasteiger partial charge in [-0.3, -0.25) is 4.79 Å². The molecule has 3 atom stereocenters. The number of carbonyl (C=O) groups is 1. The zero-order valence-electron chi connectivity index (χ0n) is 18.5. The van der Waals surface area contributed by atoms with Crippen LogP contribution < -0.4 is 14.8 Å². The Morgan fingerprint density at radius 3 is 2.72 bits per heavy atom. The average molecular weight is 432 g/mol. The van der Waals surface area contributed by atoms with Gasteiger partial charge in [0.05, 0.1) is 6.61 Å². The van der Waals surface area contributed by atoms with Crippen molar-refractivity contribution in [1.82, 2.24) is 5.32 Å². The van der Waals surface area contributed by atoms with Crippen molar-refractivity contribution in [3.05, 3.63) is 71.8 Å². The minimum Gasteiger partial charge on any atom is -0.494 e. The highest BCUT2D eigenvalue weighted by molar-refractivity contribution is 5.83. The van der Waals surface area contributed by atoms with Crippen LogP contribution in [0.2, 0.25) is 0 Å². The molecule has 2 aliphatic rings. The molecule has 166 valence electrons. The number of ether oxygens (including phenoxy) is 2. The molecule has 1 heterocycles. The predicted octanol–water partition coefficient (Wildman–Crippen LogP) is 4.78. The SMILES string of the molecule is CC(C)(Cc1ccc2ccccc2c1)NCCCOc1ccc2c(c1)C1C(O2)C1C(=O)O. The van der Waals surface area contributed by atoms with Crippen LogP contribution >= 0.6 is 0 Å². The molecule has 5 nitrogen and oxygen atoms in total. The van der Waals surface area contributed by atoms with E-state index in [4.69, 9.17) is 9.47 Å². The zero-order valence-corrected chi connectivity index (χ0v) is 18.5. The third-order valence-corrected chi connectivity index (χ3v) is 6.50. The molecule has 1 aliphatic carbocycles. The molecule has 0 amide bonds. The summed E-state index contributed by atoms with van der Waals surface area (Å²) in [5.41, 5.74) is 2.28. The Morgan fingerprint density at radius 2 is 1.91 bits per heavy atom. The first-order valence-corrected chi connectivity index (χ1v) is 11.3. The van der Waals surface area contributed by atoms with Crippen LogP contribution in [0.4, 0.5) is 0 Å². The first-order chi connectivity index (χ1) is 15.4. The number of nitrogens with one attached hydrogen (secondary N) is 1. The Morgan fingerprint density at radius 1 is 1.09 bits per heavy atom. The molecule has 3 aromatic carbocycles. The number of carboxylic acid groups (broad SMARTS) is 1. The van der Waals surface area contributed by atoms with E-state index in [0.29, 0.717) is 6.61 Å². The maximum atomic E-state index is 11.2. The largest absolute Gasteiger partial charge is 0.494 e. The van der Waals surface area contributed by atoms with Crippen LogP contribution in [0.3, 0.4) is 0 Å². The van der Waals surface area contributed by atoms with E-state index in [9.17, 15) is 9.90 Å². The second-order valence-corrected chi connectivity index (χ2v) is 9.54. The molecular formula is C27H29NO4. The summed E-state index contributed by atoms with van der Waals surface area (Å²) in [5, 5.41) is 15.4. The van der Waals surface area contributed by atoms with Crippen LogP contribution in [0.1, 0.15) is 37.3 Å². The van der Waals surface area contributed by atoms with E-state index in [0.717, 1.165) is 36.4 Å². The van der Waals surface area contributed by atoms with Crippen LogP contribution in [-0.2, 0) is 11.2 Å². The topological polar surface area (TPSA) is 67.8 Å². The molecule has 3 aromatic rings. The van der Waals surface area contributed by atoms with Crippen molar-refractivity contribution < 1.29 is 19.4 Å². The van der Waals surface area contributed by atoms with Gasteiger partial charge >= 0.3 is 5.97 Å². The number of hydrogen-bond donors (Lipinski definition) is 2. The molecule has 5 heteroatoms. The highest BCUT2D eigenvalue weighted by Crippen LogP contribution is 2.58. The molecule has 5 rings (SSSR count). The second kappa shape index (κ2) is 8.14. The van der Waals surface area contributed by atoms with E-state index in [-0.39, 0.29) is 17.6 Å². The number of carboxylic acids is 1. The average Bonchev–Trinajstić information content (AvgIpc) is 3.37. The molecule has 1 aliphatic heterocycles. The van der Waals surface area contributed by atoms with E-state index in [1.54, 1.807) is 0 Å². The number of aliphatic carboxylic acids is 1. The maximum absolute atomic E-state index is 11.2. The Balaban J connectivity index is 1.09. The second-order valence-electron chi connectivity index (χ2n) is 9.54. The number of rotatable bonds is 9. The van der Waals surface area contributed by atoms with Gasteiger partial charge in [0.1, 0.15) is 23.5 Å². The lowest BCUT2D eigenvalue weighted by atomic mass is 9.93. The third kappa shape index (κ3) is 4.17. The number of hydrogen-bond acceptors (Lipinski definition) is 4. The van der Waals surface area contributed by atoms with Crippen molar-refractivity contribution in [3.63, 3.8) is 0 Å². The van der Waals surface area contributed by atoms with Gasteiger partial charge in [-0.05, 0) is 67.8 Å². The first kappa shape index (κ1) is 20.8. The summed E-state index contributed by atoms with van der Waals surface area (Å²) in [4.78, 5) is 11.2. The summed E-state index contributed by atoms with van der Waals surface area (Å²) in [7, 11) is 0. The number of fused-ring (bicyclic) bond motifs is 4. The van der Waals surface area contributed by atoms with Gasteiger partial charge in [-0.25, -0.2) is 0 Å². The fourth-order valence-corrected chi connectivity index (χ4v) is 4.84. The van der Waals surface area contributed by atoms with E-state index >= 15 is 0 Å². The molecule has 3 unspecified atom stereocenters. The molecule has 1 saturated carbocycles. The van der Waals surface area contributed by atoms with Crippen LogP contribution in [-0.4, -0.2) is 35.9 Å². The summed E-state index contributed by atoms with van der Waals surface area (Å²) < 4.78 is 11.6. The van der Waals surface area contributed by atoms with Gasteiger partial charge in [-0.2, -0.15) is 0 Å². The molecule has 0 aromatic heterocycles. The predicted molar refractivity (Wildman–Crippen MR) is 125 cm³/mol. The van der Waals surface area contributed by atoms with Crippen molar-refractivity contribution in [3.8, 4) is 11.5 Å². The third-order valence-electron chi connectivity index (χ3n) is 6.50. The molecular weight excluding hydrogens is 402 g/mol. The Hall–Kier alpha value is -3.05. The van der Waals surface area contributed by atoms with Gasteiger partial charge in [0.2, 0.25) is 0 Å². The van der Waals surface area contributed by atoms with Crippen molar-refractivity contribution in [1.29, 1.82) is 0 Å². The minimum atomic E-state index is -0.783. The van der Waals surface area contributed by atoms with Crippen molar-refractivity contribution >= 4 is 16.7 Å². The fraction of sp³-hybridized carbons (Fsp3) is 0.370. The fourth-order valence-electron chi connectivity index (χ4n) is 4.84. The Labute approximate surface area is 188 Å². The number of benzene rings is 3. The molecule has 0 saturated heterocycles. The molecule has 0 spiro atoms. The quantitative estimate of drug-likeness (QED) is 0.477. The highest BCUT2D eigenvalue weighted by Gasteiger charge is 2.63. The standard InChI is InChI=1S/C27H29NO4/c1-27(2,16-17-8-9-18-6-3-4-7-19(18)14-17)28-12-5-13-31-20-10-11-22-21(15-20)23-24(26(29)30)25(23)32-22/h3-4,6-11,14-15,23-25,28H,5,12-13,16H2,1-2H3,(H,29,30). The summed E-state index contributed by atoms with van der Waals surface area (Å²) in [6.07, 6.45) is 1.64. The van der Waals surface area contributed by atoms with Crippen LogP contribution in [0.25, 0.3) is 10.8 Å². The van der Waals surface area contributed by atoms with Crippen molar-refractivity contribution in [2.45, 2.75) is 44.2 Å². The van der Waals surface area contributed by atoms with E-state index in [2.05, 4.69) is 61.6 Å². The monoisotopic (exact) mass is 431 g/mol. The smallest absolute Gasteiger partial charge is 0.311 e. The van der Waals surface area contributed by atoms with Gasteiger partial charge < -0.3 is 19.9 Å². The van der Waals surface area contributed by atoms with Crippen molar-refractivity contribution in [2.24, 2.45) is 5.92 Å². The Bertz CT molecular complexity index is 1160. The molecule has 1 fully saturated rings. The highest BCUT2D eigenvalue weighted by atomic mass is 16.5. The molecule has 0 bridgehead atoms. The van der Waals surface area contributed by atoms with Gasteiger partial charge in [0, 0.05) is 17.0 Å². The maximum Gasteiger partial charge on any atom is 0.311 e. The van der Waals surface area contributed by atoms with Gasteiger partial charge in [0.15, 0.2) is 0 Å². The summed E-state index contributed by atoms with van der Waals surface area (Å²) in [6, 6.07) is 20.9. The van der Waals surface area contributed by atoms with Gasteiger partial charge in [0.25, 0.3) is 0 Å². The lowest BCUT2D eigenvalue weighted by Gasteiger charge is -2.27. The summed E-state index contributed by atoms with van der Waals surface area (Å²) in [6.45, 7) is 5.93. The molecule has 32 heavy (non-hydrogen) atoms. The normalized spacial score (nSPS) is 21.0. The van der Waals surface area contributed by atoms with E-state index < -0.39 is 11.9 Å². The minimum absolute atomic E-state index is 0.0137. The molecule has 2 N–H and O–H groups in total. The van der Waals surface area contributed by atoms with E-state index in [1.807, 2.05) is 18.2 Å². The van der Waals surface area contributed by atoms with Crippen LogP contribution in [0, 0.1) is 5.92 Å². The molecule has 0 radical (unpaired) electrons. The van der Waals surface area contributed by atoms with Crippen LogP contribution in [0.15, 0.2) is 60.7 Å². The van der Waals surface area contributed by atoms with Gasteiger partial charge in [-0.1, -0.05) is 42.5 Å². The zero-order chi connectivity index (χ0) is 22.3. The summed E-state index contributed by atoms with van der Waals surface area (Å²) in [5.74, 6) is 0.353. The Kier molecular flexibility index (Phi) is 5.30. The summed E-state index contributed by atoms with van der Waals surface area (Å²) >= 11 is 0. The van der Waals surface area contributed by atoms with E-state index in [1.165, 1.54) is 16.3 Å². The van der Waals surface area contributed by atoms with Gasteiger partial charge in [-0.15, -0.1) is 0 Å². The lowest BCUT2D eigenvalue weighted by molar-refractivity contribution is -0.139.